The molecule has 1 atom stereocenters. The number of rotatable bonds is 6. The van der Waals surface area contributed by atoms with Crippen LogP contribution in [0.1, 0.15) is 19.8 Å². The Bertz CT molecular complexity index is 290. The maximum absolute atomic E-state index is 5.73. The van der Waals surface area contributed by atoms with Crippen molar-refractivity contribution >= 4 is 0 Å². The second-order valence-corrected chi connectivity index (χ2v) is 3.36. The van der Waals surface area contributed by atoms with Crippen molar-refractivity contribution in [3.8, 4) is 11.5 Å². The fourth-order valence-corrected chi connectivity index (χ4v) is 1.34. The molecular weight excluding hydrogens is 188 g/mol. The topological polar surface area (TPSA) is 18.5 Å². The van der Waals surface area contributed by atoms with Crippen LogP contribution in [0.4, 0.5) is 0 Å². The molecule has 0 bridgehead atoms. The van der Waals surface area contributed by atoms with Gasteiger partial charge in [-0.2, -0.15) is 0 Å². The Balaban J connectivity index is 2.58. The molecule has 0 N–H and O–H groups in total. The van der Waals surface area contributed by atoms with Crippen LogP contribution in [-0.2, 0) is 0 Å². The Morgan fingerprint density at radius 2 is 1.87 bits per heavy atom. The predicted octanol–water partition coefficient (Wildman–Crippen LogP) is 3.43. The Morgan fingerprint density at radius 1 is 1.27 bits per heavy atom. The average Bonchev–Trinajstić information content (AvgIpc) is 2.29. The summed E-state index contributed by atoms with van der Waals surface area (Å²) in [6.07, 6.45) is 4.03. The minimum Gasteiger partial charge on any atom is -0.497 e. The minimum atomic E-state index is 0.100. The van der Waals surface area contributed by atoms with Crippen LogP contribution < -0.4 is 9.47 Å². The SMILES string of the molecule is C=CC(CCC)Oc1ccc(OC)cc1. The van der Waals surface area contributed by atoms with Crippen molar-refractivity contribution in [1.29, 1.82) is 0 Å². The van der Waals surface area contributed by atoms with E-state index in [0.29, 0.717) is 0 Å². The molecular formula is C13H18O2. The van der Waals surface area contributed by atoms with E-state index in [2.05, 4.69) is 13.5 Å². The molecule has 2 nitrogen and oxygen atoms in total. The molecule has 0 saturated heterocycles. The van der Waals surface area contributed by atoms with E-state index in [1.54, 1.807) is 7.11 Å². The number of ether oxygens (including phenoxy) is 2. The van der Waals surface area contributed by atoms with Gasteiger partial charge in [-0.25, -0.2) is 0 Å². The molecule has 0 fully saturated rings. The molecule has 0 aliphatic heterocycles. The first-order chi connectivity index (χ1) is 7.30. The minimum absolute atomic E-state index is 0.100. The largest absolute Gasteiger partial charge is 0.497 e. The average molecular weight is 206 g/mol. The summed E-state index contributed by atoms with van der Waals surface area (Å²) in [4.78, 5) is 0. The third-order valence-electron chi connectivity index (χ3n) is 2.18. The molecule has 0 aliphatic carbocycles. The zero-order valence-corrected chi connectivity index (χ0v) is 9.40. The quantitative estimate of drug-likeness (QED) is 0.664. The van der Waals surface area contributed by atoms with Crippen LogP contribution in [0.15, 0.2) is 36.9 Å². The second-order valence-electron chi connectivity index (χ2n) is 3.36. The van der Waals surface area contributed by atoms with Crippen molar-refractivity contribution in [1.82, 2.24) is 0 Å². The fourth-order valence-electron chi connectivity index (χ4n) is 1.34. The van der Waals surface area contributed by atoms with Crippen molar-refractivity contribution in [2.45, 2.75) is 25.9 Å². The summed E-state index contributed by atoms with van der Waals surface area (Å²) in [5.74, 6) is 1.70. The second kappa shape index (κ2) is 6.12. The van der Waals surface area contributed by atoms with E-state index >= 15 is 0 Å². The zero-order chi connectivity index (χ0) is 11.1. The first-order valence-corrected chi connectivity index (χ1v) is 5.23. The first-order valence-electron chi connectivity index (χ1n) is 5.23. The standard InChI is InChI=1S/C13H18O2/c1-4-6-11(5-2)15-13-9-7-12(14-3)8-10-13/h5,7-11H,2,4,6H2,1,3H3. The van der Waals surface area contributed by atoms with Crippen LogP contribution in [0.3, 0.4) is 0 Å². The van der Waals surface area contributed by atoms with E-state index < -0.39 is 0 Å². The van der Waals surface area contributed by atoms with E-state index in [1.807, 2.05) is 30.3 Å². The molecule has 2 heteroatoms. The van der Waals surface area contributed by atoms with Crippen LogP contribution in [0.5, 0.6) is 11.5 Å². The summed E-state index contributed by atoms with van der Waals surface area (Å²) in [6.45, 7) is 5.89. The lowest BCUT2D eigenvalue weighted by atomic mass is 10.2. The molecule has 1 rings (SSSR count). The maximum Gasteiger partial charge on any atom is 0.120 e. The van der Waals surface area contributed by atoms with Gasteiger partial charge in [0.2, 0.25) is 0 Å². The van der Waals surface area contributed by atoms with Gasteiger partial charge < -0.3 is 9.47 Å². The number of methoxy groups -OCH3 is 1. The van der Waals surface area contributed by atoms with Crippen molar-refractivity contribution in [3.63, 3.8) is 0 Å². The van der Waals surface area contributed by atoms with E-state index in [1.165, 1.54) is 0 Å². The highest BCUT2D eigenvalue weighted by molar-refractivity contribution is 5.31. The van der Waals surface area contributed by atoms with Gasteiger partial charge in [0.05, 0.1) is 7.11 Å². The van der Waals surface area contributed by atoms with E-state index in [9.17, 15) is 0 Å². The molecule has 0 spiro atoms. The van der Waals surface area contributed by atoms with Gasteiger partial charge in [0.1, 0.15) is 17.6 Å². The molecule has 15 heavy (non-hydrogen) atoms. The molecule has 82 valence electrons. The van der Waals surface area contributed by atoms with Crippen LogP contribution in [0, 0.1) is 0 Å². The van der Waals surface area contributed by atoms with Crippen LogP contribution >= 0.6 is 0 Å². The molecule has 1 aromatic rings. The number of hydrogen-bond acceptors (Lipinski definition) is 2. The summed E-state index contributed by atoms with van der Waals surface area (Å²) < 4.78 is 10.8. The molecule has 1 unspecified atom stereocenters. The normalized spacial score (nSPS) is 11.9. The van der Waals surface area contributed by atoms with E-state index in [0.717, 1.165) is 24.3 Å². The van der Waals surface area contributed by atoms with E-state index in [-0.39, 0.29) is 6.10 Å². The molecule has 0 saturated carbocycles. The lowest BCUT2D eigenvalue weighted by Crippen LogP contribution is -2.12. The smallest absolute Gasteiger partial charge is 0.120 e. The first kappa shape index (κ1) is 11.6. The Morgan fingerprint density at radius 3 is 2.33 bits per heavy atom. The lowest BCUT2D eigenvalue weighted by Gasteiger charge is -2.14. The summed E-state index contributed by atoms with van der Waals surface area (Å²) in [5.41, 5.74) is 0. The van der Waals surface area contributed by atoms with Crippen molar-refractivity contribution in [2.75, 3.05) is 7.11 Å². The van der Waals surface area contributed by atoms with Gasteiger partial charge in [-0.3, -0.25) is 0 Å². The maximum atomic E-state index is 5.73. The van der Waals surface area contributed by atoms with Gasteiger partial charge >= 0.3 is 0 Å². The highest BCUT2D eigenvalue weighted by Crippen LogP contribution is 2.19. The Labute approximate surface area is 91.5 Å². The highest BCUT2D eigenvalue weighted by atomic mass is 16.5. The molecule has 0 aromatic heterocycles. The van der Waals surface area contributed by atoms with Gasteiger partial charge in [0.15, 0.2) is 0 Å². The van der Waals surface area contributed by atoms with Crippen LogP contribution in [0.2, 0.25) is 0 Å². The van der Waals surface area contributed by atoms with Crippen LogP contribution in [0.25, 0.3) is 0 Å². The van der Waals surface area contributed by atoms with E-state index in [4.69, 9.17) is 9.47 Å². The van der Waals surface area contributed by atoms with Crippen LogP contribution in [-0.4, -0.2) is 13.2 Å². The third kappa shape index (κ3) is 3.66. The van der Waals surface area contributed by atoms with Crippen molar-refractivity contribution in [3.05, 3.63) is 36.9 Å². The van der Waals surface area contributed by atoms with Crippen molar-refractivity contribution in [2.24, 2.45) is 0 Å². The summed E-state index contributed by atoms with van der Waals surface area (Å²) in [6, 6.07) is 7.60. The molecule has 0 radical (unpaired) electrons. The zero-order valence-electron chi connectivity index (χ0n) is 9.40. The van der Waals surface area contributed by atoms with Gasteiger partial charge in [-0.15, -0.1) is 0 Å². The summed E-state index contributed by atoms with van der Waals surface area (Å²) in [5, 5.41) is 0. The predicted molar refractivity (Wildman–Crippen MR) is 62.5 cm³/mol. The van der Waals surface area contributed by atoms with Gasteiger partial charge in [-0.05, 0) is 30.7 Å². The van der Waals surface area contributed by atoms with Gasteiger partial charge in [0.25, 0.3) is 0 Å². The number of benzene rings is 1. The van der Waals surface area contributed by atoms with Crippen molar-refractivity contribution < 1.29 is 9.47 Å². The van der Waals surface area contributed by atoms with Gasteiger partial charge in [0, 0.05) is 0 Å². The highest BCUT2D eigenvalue weighted by Gasteiger charge is 2.04. The third-order valence-corrected chi connectivity index (χ3v) is 2.18. The number of hydrogen-bond donors (Lipinski definition) is 0. The molecule has 0 amide bonds. The molecule has 0 aliphatic rings. The summed E-state index contributed by atoms with van der Waals surface area (Å²) in [7, 11) is 1.65. The molecule has 0 heterocycles. The molecule has 1 aromatic carbocycles. The Kier molecular flexibility index (Phi) is 4.75. The fraction of sp³-hybridized carbons (Fsp3) is 0.385. The van der Waals surface area contributed by atoms with Gasteiger partial charge in [-0.1, -0.05) is 26.0 Å². The monoisotopic (exact) mass is 206 g/mol. The lowest BCUT2D eigenvalue weighted by molar-refractivity contribution is 0.237. The Hall–Kier alpha value is -1.44. The summed E-state index contributed by atoms with van der Waals surface area (Å²) >= 11 is 0.